The maximum Gasteiger partial charge on any atom is 0.207 e. The van der Waals surface area contributed by atoms with Crippen LogP contribution in [0.4, 0.5) is 5.95 Å². The second kappa shape index (κ2) is 4.67. The molecule has 0 unspecified atom stereocenters. The molecule has 1 aromatic carbocycles. The van der Waals surface area contributed by atoms with Crippen molar-refractivity contribution in [3.05, 3.63) is 45.0 Å². The molecule has 3 aromatic rings. The summed E-state index contributed by atoms with van der Waals surface area (Å²) in [5, 5.41) is 1.11. The fourth-order valence-corrected chi connectivity index (χ4v) is 2.41. The van der Waals surface area contributed by atoms with E-state index in [1.54, 1.807) is 22.9 Å². The van der Waals surface area contributed by atoms with Gasteiger partial charge in [0, 0.05) is 10.7 Å². The molecule has 0 radical (unpaired) electrons. The average Bonchev–Trinajstić information content (AvgIpc) is 2.68. The molecule has 2 N–H and O–H groups in total. The van der Waals surface area contributed by atoms with Crippen LogP contribution in [0.1, 0.15) is 0 Å². The van der Waals surface area contributed by atoms with Crippen molar-refractivity contribution in [1.29, 1.82) is 0 Å². The van der Waals surface area contributed by atoms with Gasteiger partial charge in [0.15, 0.2) is 5.65 Å². The van der Waals surface area contributed by atoms with Gasteiger partial charge in [-0.15, -0.1) is 0 Å². The number of hydrogen-bond donors (Lipinski definition) is 1. The molecular formula is C12H7BrCl2N4. The first kappa shape index (κ1) is 12.7. The second-order valence-corrected chi connectivity index (χ2v) is 5.60. The van der Waals surface area contributed by atoms with Gasteiger partial charge in [0.1, 0.15) is 5.52 Å². The Morgan fingerprint density at radius 1 is 1.21 bits per heavy atom. The van der Waals surface area contributed by atoms with Crippen LogP contribution in [0.3, 0.4) is 0 Å². The van der Waals surface area contributed by atoms with Gasteiger partial charge >= 0.3 is 0 Å². The van der Waals surface area contributed by atoms with Crippen molar-refractivity contribution in [1.82, 2.24) is 14.5 Å². The molecule has 0 saturated carbocycles. The van der Waals surface area contributed by atoms with Gasteiger partial charge in [0.25, 0.3) is 0 Å². The number of hydrogen-bond acceptors (Lipinski definition) is 3. The number of aromatic nitrogens is 3. The standard InChI is InChI=1S/C12H7BrCl2N4/c13-8-2-1-7(4-9(8)15)19-11-10(18-12(19)16)3-6(14)5-17-11/h1-5H,(H2,16,18). The molecule has 0 spiro atoms. The summed E-state index contributed by atoms with van der Waals surface area (Å²) >= 11 is 15.3. The molecule has 2 aromatic heterocycles. The molecule has 0 bridgehead atoms. The maximum absolute atomic E-state index is 6.10. The Hall–Kier alpha value is -1.30. The lowest BCUT2D eigenvalue weighted by molar-refractivity contribution is 1.08. The zero-order chi connectivity index (χ0) is 13.6. The van der Waals surface area contributed by atoms with E-state index in [2.05, 4.69) is 25.9 Å². The number of anilines is 1. The number of fused-ring (bicyclic) bond motifs is 1. The highest BCUT2D eigenvalue weighted by molar-refractivity contribution is 9.10. The van der Waals surface area contributed by atoms with Crippen LogP contribution >= 0.6 is 39.1 Å². The first-order valence-corrected chi connectivity index (χ1v) is 6.86. The van der Waals surface area contributed by atoms with E-state index in [1.807, 2.05) is 12.1 Å². The van der Waals surface area contributed by atoms with E-state index < -0.39 is 0 Å². The third-order valence-corrected chi connectivity index (χ3v) is 4.09. The normalized spacial score (nSPS) is 11.1. The van der Waals surface area contributed by atoms with Crippen molar-refractivity contribution >= 4 is 56.2 Å². The molecule has 0 saturated heterocycles. The Kier molecular flexibility index (Phi) is 3.12. The summed E-state index contributed by atoms with van der Waals surface area (Å²) in [6, 6.07) is 7.24. The van der Waals surface area contributed by atoms with Crippen LogP contribution in [0.25, 0.3) is 16.9 Å². The minimum absolute atomic E-state index is 0.336. The molecule has 0 fully saturated rings. The predicted octanol–water partition coefficient (Wildman–Crippen LogP) is 4.07. The predicted molar refractivity (Wildman–Crippen MR) is 81.0 cm³/mol. The Morgan fingerprint density at radius 3 is 2.74 bits per heavy atom. The highest BCUT2D eigenvalue weighted by Gasteiger charge is 2.12. The van der Waals surface area contributed by atoms with Crippen molar-refractivity contribution in [2.45, 2.75) is 0 Å². The summed E-state index contributed by atoms with van der Waals surface area (Å²) < 4.78 is 2.54. The third kappa shape index (κ3) is 2.18. The maximum atomic E-state index is 6.10. The molecule has 0 aliphatic carbocycles. The van der Waals surface area contributed by atoms with E-state index in [1.165, 1.54) is 0 Å². The van der Waals surface area contributed by atoms with Crippen LogP contribution in [0.2, 0.25) is 10.0 Å². The Balaban J connectivity index is 2.29. The van der Waals surface area contributed by atoms with Crippen LogP contribution < -0.4 is 5.73 Å². The molecule has 3 rings (SSSR count). The number of halogens is 3. The number of rotatable bonds is 1. The molecular weight excluding hydrogens is 351 g/mol. The zero-order valence-electron chi connectivity index (χ0n) is 9.44. The van der Waals surface area contributed by atoms with E-state index in [-0.39, 0.29) is 0 Å². The van der Waals surface area contributed by atoms with Crippen LogP contribution in [-0.4, -0.2) is 14.5 Å². The molecule has 2 heterocycles. The van der Waals surface area contributed by atoms with Gasteiger partial charge in [-0.2, -0.15) is 0 Å². The van der Waals surface area contributed by atoms with E-state index >= 15 is 0 Å². The van der Waals surface area contributed by atoms with Crippen molar-refractivity contribution in [3.63, 3.8) is 0 Å². The number of nitrogens with two attached hydrogens (primary N) is 1. The monoisotopic (exact) mass is 356 g/mol. The molecule has 0 atom stereocenters. The van der Waals surface area contributed by atoms with Gasteiger partial charge in [-0.25, -0.2) is 9.97 Å². The first-order valence-electron chi connectivity index (χ1n) is 5.31. The van der Waals surface area contributed by atoms with Crippen LogP contribution in [-0.2, 0) is 0 Å². The number of pyridine rings is 1. The Bertz CT molecular complexity index is 785. The van der Waals surface area contributed by atoms with Crippen LogP contribution in [0.15, 0.2) is 34.9 Å². The number of benzene rings is 1. The summed E-state index contributed by atoms with van der Waals surface area (Å²) in [6.45, 7) is 0. The zero-order valence-corrected chi connectivity index (χ0v) is 12.5. The molecule has 4 nitrogen and oxygen atoms in total. The molecule has 0 aliphatic rings. The fraction of sp³-hybridized carbons (Fsp3) is 0. The molecule has 96 valence electrons. The SMILES string of the molecule is Nc1nc2cc(Cl)cnc2n1-c1ccc(Br)c(Cl)c1. The molecule has 19 heavy (non-hydrogen) atoms. The molecule has 7 heteroatoms. The highest BCUT2D eigenvalue weighted by Crippen LogP contribution is 2.28. The van der Waals surface area contributed by atoms with Gasteiger partial charge in [0.05, 0.1) is 15.7 Å². The van der Waals surface area contributed by atoms with Gasteiger partial charge in [0.2, 0.25) is 5.95 Å². The van der Waals surface area contributed by atoms with Crippen molar-refractivity contribution in [3.8, 4) is 5.69 Å². The second-order valence-electron chi connectivity index (χ2n) is 3.90. The van der Waals surface area contributed by atoms with E-state index in [0.717, 1.165) is 10.2 Å². The lowest BCUT2D eigenvalue weighted by atomic mass is 10.3. The third-order valence-electron chi connectivity index (χ3n) is 2.65. The van der Waals surface area contributed by atoms with Gasteiger partial charge < -0.3 is 5.73 Å². The Morgan fingerprint density at radius 2 is 2.00 bits per heavy atom. The summed E-state index contributed by atoms with van der Waals surface area (Å²) in [4.78, 5) is 8.51. The minimum Gasteiger partial charge on any atom is -0.369 e. The van der Waals surface area contributed by atoms with Crippen molar-refractivity contribution in [2.24, 2.45) is 0 Å². The number of imidazole rings is 1. The van der Waals surface area contributed by atoms with Crippen molar-refractivity contribution < 1.29 is 0 Å². The summed E-state index contributed by atoms with van der Waals surface area (Å²) in [5.74, 6) is 0.336. The van der Waals surface area contributed by atoms with E-state index in [9.17, 15) is 0 Å². The van der Waals surface area contributed by atoms with Gasteiger partial charge in [-0.1, -0.05) is 23.2 Å². The average molecular weight is 358 g/mol. The lowest BCUT2D eigenvalue weighted by Gasteiger charge is -2.07. The van der Waals surface area contributed by atoms with Crippen LogP contribution in [0.5, 0.6) is 0 Å². The fourth-order valence-electron chi connectivity index (χ4n) is 1.84. The van der Waals surface area contributed by atoms with Crippen LogP contribution in [0, 0.1) is 0 Å². The smallest absolute Gasteiger partial charge is 0.207 e. The first-order chi connectivity index (χ1) is 9.06. The minimum atomic E-state index is 0.336. The largest absolute Gasteiger partial charge is 0.369 e. The summed E-state index contributed by atoms with van der Waals surface area (Å²) in [7, 11) is 0. The van der Waals surface area contributed by atoms with E-state index in [0.29, 0.717) is 27.2 Å². The lowest BCUT2D eigenvalue weighted by Crippen LogP contribution is -2.01. The quantitative estimate of drug-likeness (QED) is 0.714. The summed E-state index contributed by atoms with van der Waals surface area (Å²) in [6.07, 6.45) is 1.56. The Labute approximate surface area is 127 Å². The van der Waals surface area contributed by atoms with Gasteiger partial charge in [-0.05, 0) is 40.2 Å². The van der Waals surface area contributed by atoms with Crippen molar-refractivity contribution in [2.75, 3.05) is 5.73 Å². The highest BCUT2D eigenvalue weighted by atomic mass is 79.9. The molecule has 0 amide bonds. The number of nitrogens with zero attached hydrogens (tertiary/aromatic N) is 3. The number of nitrogen functional groups attached to an aromatic ring is 1. The molecule has 0 aliphatic heterocycles. The summed E-state index contributed by atoms with van der Waals surface area (Å²) in [5.41, 5.74) is 8.01. The van der Waals surface area contributed by atoms with Gasteiger partial charge in [-0.3, -0.25) is 4.57 Å². The van der Waals surface area contributed by atoms with E-state index in [4.69, 9.17) is 28.9 Å². The topological polar surface area (TPSA) is 56.7 Å².